The smallest absolute Gasteiger partial charge is 0.160 e. The molecule has 2 aromatic heterocycles. The monoisotopic (exact) mass is 356 g/mol. The highest BCUT2D eigenvalue weighted by atomic mass is 35.5. The molecule has 7 heteroatoms. The Morgan fingerprint density at radius 3 is 2.41 bits per heavy atom. The van der Waals surface area contributed by atoms with E-state index in [9.17, 15) is 8.78 Å². The van der Waals surface area contributed by atoms with Gasteiger partial charge in [-0.3, -0.25) is 0 Å². The molecule has 0 aliphatic rings. The van der Waals surface area contributed by atoms with E-state index in [4.69, 9.17) is 23.2 Å². The van der Waals surface area contributed by atoms with Crippen LogP contribution in [-0.4, -0.2) is 10.2 Å². The van der Waals surface area contributed by atoms with Crippen LogP contribution in [0.25, 0.3) is 21.6 Å². The summed E-state index contributed by atoms with van der Waals surface area (Å²) >= 11 is 13.4. The van der Waals surface area contributed by atoms with Crippen LogP contribution in [0.4, 0.5) is 8.78 Å². The Balaban J connectivity index is 2.33. The molecular formula is C15H8Cl2F2N2S. The van der Waals surface area contributed by atoms with E-state index in [1.165, 1.54) is 23.5 Å². The Bertz CT molecular complexity index is 865. The van der Waals surface area contributed by atoms with E-state index in [0.717, 1.165) is 10.9 Å². The van der Waals surface area contributed by atoms with Gasteiger partial charge in [0.05, 0.1) is 10.0 Å². The molecule has 0 saturated heterocycles. The molecule has 3 rings (SSSR count). The number of rotatable bonds is 2. The molecule has 0 bridgehead atoms. The standard InChI is InChI=1S/C15H8Cl2F2N2S/c1-7-13(11-4-5-12(16)22-11)14(15(17)21-20-7)9-3-2-8(18)6-10(9)19/h2-6H,1H3. The quantitative estimate of drug-likeness (QED) is 0.582. The van der Waals surface area contributed by atoms with E-state index in [1.807, 2.05) is 0 Å². The largest absolute Gasteiger partial charge is 0.207 e. The molecule has 2 nitrogen and oxygen atoms in total. The second-order valence-corrected chi connectivity index (χ2v) is 6.63. The topological polar surface area (TPSA) is 25.8 Å². The van der Waals surface area contributed by atoms with Crippen molar-refractivity contribution in [3.05, 3.63) is 57.1 Å². The third kappa shape index (κ3) is 2.72. The van der Waals surface area contributed by atoms with Gasteiger partial charge in [-0.1, -0.05) is 23.2 Å². The van der Waals surface area contributed by atoms with Crippen LogP contribution in [0.1, 0.15) is 5.69 Å². The number of aryl methyl sites for hydroxylation is 1. The molecule has 22 heavy (non-hydrogen) atoms. The maximum absolute atomic E-state index is 14.2. The third-order valence-corrected chi connectivity index (χ3v) is 4.64. The highest BCUT2D eigenvalue weighted by Crippen LogP contribution is 2.42. The van der Waals surface area contributed by atoms with Gasteiger partial charge in [0.2, 0.25) is 0 Å². The molecule has 0 fully saturated rings. The number of aromatic nitrogens is 2. The van der Waals surface area contributed by atoms with Crippen LogP contribution in [0.15, 0.2) is 30.3 Å². The van der Waals surface area contributed by atoms with E-state index in [2.05, 4.69) is 10.2 Å². The van der Waals surface area contributed by atoms with Crippen LogP contribution >= 0.6 is 34.5 Å². The first kappa shape index (κ1) is 15.3. The molecule has 3 aromatic rings. The molecule has 0 unspecified atom stereocenters. The van der Waals surface area contributed by atoms with Gasteiger partial charge in [-0.05, 0) is 31.2 Å². The lowest BCUT2D eigenvalue weighted by molar-refractivity contribution is 0.585. The number of hydrogen-bond donors (Lipinski definition) is 0. The van der Waals surface area contributed by atoms with Gasteiger partial charge in [0, 0.05) is 27.6 Å². The van der Waals surface area contributed by atoms with Crippen LogP contribution < -0.4 is 0 Å². The van der Waals surface area contributed by atoms with Crippen LogP contribution in [-0.2, 0) is 0 Å². The van der Waals surface area contributed by atoms with Crippen LogP contribution in [0.5, 0.6) is 0 Å². The fourth-order valence-electron chi connectivity index (χ4n) is 2.19. The van der Waals surface area contributed by atoms with Crippen molar-refractivity contribution in [2.24, 2.45) is 0 Å². The molecule has 0 saturated carbocycles. The third-order valence-electron chi connectivity index (χ3n) is 3.13. The van der Waals surface area contributed by atoms with Gasteiger partial charge in [-0.25, -0.2) is 8.78 Å². The molecule has 0 atom stereocenters. The van der Waals surface area contributed by atoms with Gasteiger partial charge < -0.3 is 0 Å². The lowest BCUT2D eigenvalue weighted by Gasteiger charge is -2.12. The fourth-order valence-corrected chi connectivity index (χ4v) is 3.57. The first-order chi connectivity index (χ1) is 10.5. The van der Waals surface area contributed by atoms with Crippen molar-refractivity contribution in [1.82, 2.24) is 10.2 Å². The number of benzene rings is 1. The SMILES string of the molecule is Cc1nnc(Cl)c(-c2ccc(F)cc2F)c1-c1ccc(Cl)s1. The summed E-state index contributed by atoms with van der Waals surface area (Å²) in [6, 6.07) is 6.87. The lowest BCUT2D eigenvalue weighted by atomic mass is 9.99. The number of hydrogen-bond acceptors (Lipinski definition) is 3. The average molecular weight is 357 g/mol. The predicted octanol–water partition coefficient (Wildman–Crippen LogP) is 5.77. The molecule has 0 aliphatic heterocycles. The van der Waals surface area contributed by atoms with Crippen molar-refractivity contribution in [1.29, 1.82) is 0 Å². The maximum atomic E-state index is 14.2. The minimum atomic E-state index is -0.710. The van der Waals surface area contributed by atoms with Gasteiger partial charge in [0.15, 0.2) is 5.15 Å². The molecular weight excluding hydrogens is 349 g/mol. The predicted molar refractivity (Wildman–Crippen MR) is 85.5 cm³/mol. The van der Waals surface area contributed by atoms with Gasteiger partial charge in [-0.15, -0.1) is 16.4 Å². The van der Waals surface area contributed by atoms with Crippen LogP contribution in [0, 0.1) is 18.6 Å². The zero-order valence-electron chi connectivity index (χ0n) is 11.2. The van der Waals surface area contributed by atoms with Crippen molar-refractivity contribution < 1.29 is 8.78 Å². The first-order valence-corrected chi connectivity index (χ1v) is 7.78. The number of thiophene rings is 1. The molecule has 0 amide bonds. The molecule has 0 N–H and O–H groups in total. The minimum absolute atomic E-state index is 0.0515. The van der Waals surface area contributed by atoms with E-state index in [-0.39, 0.29) is 10.7 Å². The summed E-state index contributed by atoms with van der Waals surface area (Å²) in [5.41, 5.74) is 1.78. The van der Waals surface area contributed by atoms with Crippen molar-refractivity contribution in [3.8, 4) is 21.6 Å². The van der Waals surface area contributed by atoms with E-state index in [1.54, 1.807) is 19.1 Å². The van der Waals surface area contributed by atoms with Gasteiger partial charge >= 0.3 is 0 Å². The summed E-state index contributed by atoms with van der Waals surface area (Å²) in [7, 11) is 0. The Labute approximate surface area is 139 Å². The second-order valence-electron chi connectivity index (χ2n) is 4.55. The summed E-state index contributed by atoms with van der Waals surface area (Å²) < 4.78 is 27.9. The molecule has 1 aromatic carbocycles. The van der Waals surface area contributed by atoms with E-state index >= 15 is 0 Å². The molecule has 2 heterocycles. The van der Waals surface area contributed by atoms with Crippen molar-refractivity contribution in [3.63, 3.8) is 0 Å². The minimum Gasteiger partial charge on any atom is -0.207 e. The maximum Gasteiger partial charge on any atom is 0.160 e. The molecule has 112 valence electrons. The van der Waals surface area contributed by atoms with Gasteiger partial charge in [0.25, 0.3) is 0 Å². The summed E-state index contributed by atoms with van der Waals surface area (Å²) in [6.45, 7) is 1.75. The summed E-state index contributed by atoms with van der Waals surface area (Å²) in [4.78, 5) is 0.790. The first-order valence-electron chi connectivity index (χ1n) is 6.21. The Kier molecular flexibility index (Phi) is 4.12. The van der Waals surface area contributed by atoms with E-state index in [0.29, 0.717) is 21.2 Å². The molecule has 0 aliphatic carbocycles. The molecule has 0 radical (unpaired) electrons. The summed E-state index contributed by atoms with van der Waals surface area (Å²) in [5.74, 6) is -1.37. The lowest BCUT2D eigenvalue weighted by Crippen LogP contribution is -1.98. The summed E-state index contributed by atoms with van der Waals surface area (Å²) in [6.07, 6.45) is 0. The van der Waals surface area contributed by atoms with Crippen molar-refractivity contribution in [2.75, 3.05) is 0 Å². The Morgan fingerprint density at radius 1 is 1.00 bits per heavy atom. The van der Waals surface area contributed by atoms with Gasteiger partial charge in [-0.2, -0.15) is 5.10 Å². The van der Waals surface area contributed by atoms with Crippen molar-refractivity contribution in [2.45, 2.75) is 6.92 Å². The number of nitrogens with zero attached hydrogens (tertiary/aromatic N) is 2. The highest BCUT2D eigenvalue weighted by molar-refractivity contribution is 7.19. The van der Waals surface area contributed by atoms with Gasteiger partial charge in [0.1, 0.15) is 11.6 Å². The fraction of sp³-hybridized carbons (Fsp3) is 0.0667. The number of halogens is 4. The Hall–Kier alpha value is -1.56. The second kappa shape index (κ2) is 5.91. The normalized spacial score (nSPS) is 11.0. The average Bonchev–Trinajstić information content (AvgIpc) is 2.88. The van der Waals surface area contributed by atoms with Crippen LogP contribution in [0.2, 0.25) is 9.49 Å². The van der Waals surface area contributed by atoms with E-state index < -0.39 is 11.6 Å². The highest BCUT2D eigenvalue weighted by Gasteiger charge is 2.20. The summed E-state index contributed by atoms with van der Waals surface area (Å²) in [5, 5.41) is 7.87. The van der Waals surface area contributed by atoms with Crippen molar-refractivity contribution >= 4 is 34.5 Å². The zero-order chi connectivity index (χ0) is 15.9. The molecule has 0 spiro atoms. The zero-order valence-corrected chi connectivity index (χ0v) is 13.5. The Morgan fingerprint density at radius 2 is 1.77 bits per heavy atom. The van der Waals surface area contributed by atoms with Crippen LogP contribution in [0.3, 0.4) is 0 Å².